The maximum absolute atomic E-state index is 11.8. The Morgan fingerprint density at radius 2 is 2.00 bits per heavy atom. The number of nitrogens with zero attached hydrogens (tertiary/aromatic N) is 2. The zero-order chi connectivity index (χ0) is 16.8. The minimum Gasteiger partial charge on any atom is -0.273 e. The van der Waals surface area contributed by atoms with Gasteiger partial charge in [0.25, 0.3) is 5.69 Å². The van der Waals surface area contributed by atoms with Gasteiger partial charge in [-0.05, 0) is 12.1 Å². The fourth-order valence-electron chi connectivity index (χ4n) is 1.83. The van der Waals surface area contributed by atoms with Crippen LogP contribution in [-0.4, -0.2) is 17.0 Å². The fraction of sp³-hybridized carbons (Fsp3) is 0.0667. The van der Waals surface area contributed by atoms with E-state index in [0.29, 0.717) is 21.2 Å². The predicted molar refractivity (Wildman–Crippen MR) is 89.0 cm³/mol. The highest BCUT2D eigenvalue weighted by molar-refractivity contribution is 6.36. The van der Waals surface area contributed by atoms with Crippen LogP contribution in [-0.2, 0) is 11.2 Å². The van der Waals surface area contributed by atoms with Crippen molar-refractivity contribution in [2.75, 3.05) is 0 Å². The summed E-state index contributed by atoms with van der Waals surface area (Å²) in [5.74, 6) is -0.472. The molecular weight excluding hydrogens is 341 g/mol. The number of rotatable bonds is 5. The number of nitro groups is 1. The Morgan fingerprint density at radius 3 is 2.70 bits per heavy atom. The average molecular weight is 352 g/mol. The predicted octanol–water partition coefficient (Wildman–Crippen LogP) is 3.59. The number of amides is 1. The summed E-state index contributed by atoms with van der Waals surface area (Å²) in [6.45, 7) is 0. The van der Waals surface area contributed by atoms with E-state index in [2.05, 4.69) is 10.5 Å². The molecule has 0 aliphatic rings. The molecule has 0 saturated carbocycles. The third-order valence-electron chi connectivity index (χ3n) is 2.89. The summed E-state index contributed by atoms with van der Waals surface area (Å²) in [4.78, 5) is 22.2. The van der Waals surface area contributed by atoms with Crippen molar-refractivity contribution in [2.24, 2.45) is 5.10 Å². The van der Waals surface area contributed by atoms with Gasteiger partial charge in [-0.15, -0.1) is 0 Å². The molecule has 8 heteroatoms. The summed E-state index contributed by atoms with van der Waals surface area (Å²) in [6, 6.07) is 10.9. The molecule has 2 aromatic rings. The van der Waals surface area contributed by atoms with Crippen LogP contribution in [0.4, 0.5) is 5.69 Å². The van der Waals surface area contributed by atoms with E-state index in [1.807, 2.05) is 0 Å². The van der Waals surface area contributed by atoms with E-state index in [-0.39, 0.29) is 12.1 Å². The lowest BCUT2D eigenvalue weighted by Gasteiger charge is -2.02. The van der Waals surface area contributed by atoms with Gasteiger partial charge in [0.1, 0.15) is 0 Å². The molecule has 0 unspecified atom stereocenters. The van der Waals surface area contributed by atoms with E-state index in [4.69, 9.17) is 23.2 Å². The first-order valence-corrected chi connectivity index (χ1v) is 7.22. The lowest BCUT2D eigenvalue weighted by Crippen LogP contribution is -2.20. The van der Waals surface area contributed by atoms with Gasteiger partial charge in [-0.1, -0.05) is 47.5 Å². The number of para-hydroxylation sites is 1. The third kappa shape index (κ3) is 4.77. The second kappa shape index (κ2) is 7.71. The van der Waals surface area contributed by atoms with E-state index in [1.54, 1.807) is 30.3 Å². The number of nitrogens with one attached hydrogen (secondary N) is 1. The Morgan fingerprint density at radius 1 is 1.26 bits per heavy atom. The summed E-state index contributed by atoms with van der Waals surface area (Å²) in [6.07, 6.45) is 1.22. The molecule has 0 heterocycles. The van der Waals surface area contributed by atoms with E-state index in [9.17, 15) is 14.9 Å². The molecule has 118 valence electrons. The van der Waals surface area contributed by atoms with Crippen molar-refractivity contribution in [3.63, 3.8) is 0 Å². The number of halogens is 2. The number of hydrazone groups is 1. The summed E-state index contributed by atoms with van der Waals surface area (Å²) in [5, 5.41) is 15.6. The number of benzene rings is 2. The SMILES string of the molecule is O=C(Cc1ccccc1[N+](=O)[O-])NN=Cc1ccc(Cl)cc1Cl. The van der Waals surface area contributed by atoms with Gasteiger partial charge < -0.3 is 0 Å². The molecule has 6 nitrogen and oxygen atoms in total. The normalized spacial score (nSPS) is 10.7. The van der Waals surface area contributed by atoms with Crippen LogP contribution in [0.5, 0.6) is 0 Å². The second-order valence-electron chi connectivity index (χ2n) is 4.52. The van der Waals surface area contributed by atoms with Crippen LogP contribution in [0.2, 0.25) is 10.0 Å². The number of hydrogen-bond donors (Lipinski definition) is 1. The van der Waals surface area contributed by atoms with Crippen LogP contribution in [0.1, 0.15) is 11.1 Å². The molecule has 2 rings (SSSR count). The van der Waals surface area contributed by atoms with Crippen LogP contribution in [0, 0.1) is 10.1 Å². The first kappa shape index (κ1) is 16.9. The Kier molecular flexibility index (Phi) is 5.67. The van der Waals surface area contributed by atoms with Crippen LogP contribution >= 0.6 is 23.2 Å². The first-order chi connectivity index (χ1) is 11.0. The number of nitro benzene ring substituents is 1. The molecule has 1 N–H and O–H groups in total. The molecule has 23 heavy (non-hydrogen) atoms. The van der Waals surface area contributed by atoms with Gasteiger partial charge >= 0.3 is 0 Å². The summed E-state index contributed by atoms with van der Waals surface area (Å²) < 4.78 is 0. The molecule has 0 aliphatic carbocycles. The molecule has 2 aromatic carbocycles. The highest BCUT2D eigenvalue weighted by atomic mass is 35.5. The van der Waals surface area contributed by atoms with Crippen molar-refractivity contribution < 1.29 is 9.72 Å². The van der Waals surface area contributed by atoms with E-state index in [0.717, 1.165) is 0 Å². The van der Waals surface area contributed by atoms with Crippen molar-refractivity contribution in [1.82, 2.24) is 5.43 Å². The molecular formula is C15H11Cl2N3O3. The van der Waals surface area contributed by atoms with Crippen LogP contribution in [0.25, 0.3) is 0 Å². The highest BCUT2D eigenvalue weighted by Crippen LogP contribution is 2.19. The van der Waals surface area contributed by atoms with Crippen molar-refractivity contribution >= 4 is 41.0 Å². The Bertz CT molecular complexity index is 778. The topological polar surface area (TPSA) is 84.6 Å². The monoisotopic (exact) mass is 351 g/mol. The maximum atomic E-state index is 11.8. The molecule has 0 spiro atoms. The minimum absolute atomic E-state index is 0.104. The molecule has 0 aromatic heterocycles. The van der Waals surface area contributed by atoms with Gasteiger partial charge in [-0.2, -0.15) is 5.10 Å². The van der Waals surface area contributed by atoms with Crippen LogP contribution < -0.4 is 5.43 Å². The summed E-state index contributed by atoms with van der Waals surface area (Å²) in [7, 11) is 0. The van der Waals surface area contributed by atoms with Crippen molar-refractivity contribution in [3.05, 3.63) is 73.8 Å². The minimum atomic E-state index is -0.528. The van der Waals surface area contributed by atoms with Crippen LogP contribution in [0.15, 0.2) is 47.6 Å². The fourth-order valence-corrected chi connectivity index (χ4v) is 2.29. The van der Waals surface area contributed by atoms with Gasteiger partial charge in [0.2, 0.25) is 5.91 Å². The molecule has 0 bridgehead atoms. The zero-order valence-corrected chi connectivity index (χ0v) is 13.2. The summed E-state index contributed by atoms with van der Waals surface area (Å²) >= 11 is 11.7. The molecule has 0 saturated heterocycles. The third-order valence-corrected chi connectivity index (χ3v) is 3.46. The Balaban J connectivity index is 2.00. The lowest BCUT2D eigenvalue weighted by molar-refractivity contribution is -0.385. The van der Waals surface area contributed by atoms with Gasteiger partial charge in [-0.3, -0.25) is 14.9 Å². The Labute approximate surface area is 141 Å². The zero-order valence-electron chi connectivity index (χ0n) is 11.7. The maximum Gasteiger partial charge on any atom is 0.273 e. The molecule has 0 atom stereocenters. The highest BCUT2D eigenvalue weighted by Gasteiger charge is 2.14. The largest absolute Gasteiger partial charge is 0.273 e. The van der Waals surface area contributed by atoms with Crippen molar-refractivity contribution in [2.45, 2.75) is 6.42 Å². The quantitative estimate of drug-likeness (QED) is 0.507. The van der Waals surface area contributed by atoms with Gasteiger partial charge in [-0.25, -0.2) is 5.43 Å². The van der Waals surface area contributed by atoms with E-state index < -0.39 is 10.8 Å². The Hall–Kier alpha value is -2.44. The molecule has 0 aliphatic heterocycles. The van der Waals surface area contributed by atoms with E-state index >= 15 is 0 Å². The first-order valence-electron chi connectivity index (χ1n) is 6.46. The average Bonchev–Trinajstić information content (AvgIpc) is 2.50. The van der Waals surface area contributed by atoms with Gasteiger partial charge in [0.15, 0.2) is 0 Å². The number of carbonyl (C=O) groups is 1. The molecule has 0 fully saturated rings. The van der Waals surface area contributed by atoms with Crippen LogP contribution in [0.3, 0.4) is 0 Å². The lowest BCUT2D eigenvalue weighted by atomic mass is 10.1. The summed E-state index contributed by atoms with van der Waals surface area (Å²) in [5.41, 5.74) is 3.10. The van der Waals surface area contributed by atoms with Crippen molar-refractivity contribution in [1.29, 1.82) is 0 Å². The van der Waals surface area contributed by atoms with Gasteiger partial charge in [0, 0.05) is 22.2 Å². The van der Waals surface area contributed by atoms with Gasteiger partial charge in [0.05, 0.1) is 22.6 Å². The molecule has 0 radical (unpaired) electrons. The van der Waals surface area contributed by atoms with E-state index in [1.165, 1.54) is 18.3 Å². The standard InChI is InChI=1S/C15H11Cl2N3O3/c16-12-6-5-11(13(17)8-12)9-18-19-15(21)7-10-3-1-2-4-14(10)20(22)23/h1-6,8-9H,7H2,(H,19,21). The van der Waals surface area contributed by atoms with Crippen molar-refractivity contribution in [3.8, 4) is 0 Å². The second-order valence-corrected chi connectivity index (χ2v) is 5.37. The number of carbonyl (C=O) groups excluding carboxylic acids is 1. The number of hydrogen-bond acceptors (Lipinski definition) is 4. The smallest absolute Gasteiger partial charge is 0.273 e. The molecule has 1 amide bonds.